The Morgan fingerprint density at radius 3 is 2.80 bits per heavy atom. The fourth-order valence-electron chi connectivity index (χ4n) is 2.02. The summed E-state index contributed by atoms with van der Waals surface area (Å²) in [6, 6.07) is 7.36. The summed E-state index contributed by atoms with van der Waals surface area (Å²) in [6.45, 7) is 4.79. The molecule has 2 atom stereocenters. The molecular formula is C15H20FN3O. The van der Waals surface area contributed by atoms with E-state index in [9.17, 15) is 4.39 Å². The maximum absolute atomic E-state index is 13.6. The Morgan fingerprint density at radius 2 is 2.20 bits per heavy atom. The predicted molar refractivity (Wildman–Crippen MR) is 76.2 cm³/mol. The van der Waals surface area contributed by atoms with Crippen LogP contribution in [0.2, 0.25) is 0 Å². The fourth-order valence-corrected chi connectivity index (χ4v) is 2.02. The number of hydrogen-bond acceptors (Lipinski definition) is 3. The first kappa shape index (κ1) is 14.5. The third kappa shape index (κ3) is 3.36. The molecule has 0 spiro atoms. The molecular weight excluding hydrogens is 257 g/mol. The van der Waals surface area contributed by atoms with Crippen LogP contribution in [0.4, 0.5) is 4.39 Å². The van der Waals surface area contributed by atoms with Crippen molar-refractivity contribution in [3.8, 4) is 5.75 Å². The predicted octanol–water partition coefficient (Wildman–Crippen LogP) is 2.77. The van der Waals surface area contributed by atoms with E-state index in [4.69, 9.17) is 4.74 Å². The molecule has 0 aliphatic carbocycles. The quantitative estimate of drug-likeness (QED) is 0.882. The van der Waals surface area contributed by atoms with E-state index in [0.717, 1.165) is 5.56 Å². The summed E-state index contributed by atoms with van der Waals surface area (Å²) in [5.41, 5.74) is 0.891. The minimum absolute atomic E-state index is 0.222. The van der Waals surface area contributed by atoms with Crippen LogP contribution in [0, 0.1) is 5.82 Å². The smallest absolute Gasteiger partial charge is 0.165 e. The van der Waals surface area contributed by atoms with E-state index < -0.39 is 0 Å². The molecule has 1 N–H and O–H groups in total. The van der Waals surface area contributed by atoms with Gasteiger partial charge in [-0.15, -0.1) is 0 Å². The van der Waals surface area contributed by atoms with Crippen LogP contribution in [0.3, 0.4) is 0 Å². The van der Waals surface area contributed by atoms with E-state index in [-0.39, 0.29) is 23.7 Å². The minimum Gasteiger partial charge on any atom is -0.494 e. The monoisotopic (exact) mass is 277 g/mol. The number of halogens is 1. The third-order valence-electron chi connectivity index (χ3n) is 3.51. The van der Waals surface area contributed by atoms with Crippen LogP contribution in [-0.2, 0) is 6.54 Å². The Balaban J connectivity index is 1.93. The van der Waals surface area contributed by atoms with Gasteiger partial charge < -0.3 is 10.1 Å². The molecule has 0 amide bonds. The molecule has 0 bridgehead atoms. The lowest BCUT2D eigenvalue weighted by Gasteiger charge is -2.22. The maximum Gasteiger partial charge on any atom is 0.165 e. The van der Waals surface area contributed by atoms with Crippen LogP contribution < -0.4 is 10.1 Å². The summed E-state index contributed by atoms with van der Waals surface area (Å²) in [4.78, 5) is 0. The van der Waals surface area contributed by atoms with Crippen LogP contribution in [-0.4, -0.2) is 22.9 Å². The van der Waals surface area contributed by atoms with E-state index in [1.54, 1.807) is 12.3 Å². The van der Waals surface area contributed by atoms with Crippen molar-refractivity contribution in [1.29, 1.82) is 0 Å². The van der Waals surface area contributed by atoms with Crippen LogP contribution >= 0.6 is 0 Å². The zero-order valence-corrected chi connectivity index (χ0v) is 12.0. The maximum atomic E-state index is 13.6. The van der Waals surface area contributed by atoms with Gasteiger partial charge >= 0.3 is 0 Å². The largest absolute Gasteiger partial charge is 0.494 e. The Morgan fingerprint density at radius 1 is 1.40 bits per heavy atom. The first-order valence-corrected chi connectivity index (χ1v) is 6.66. The summed E-state index contributed by atoms with van der Waals surface area (Å²) >= 11 is 0. The van der Waals surface area contributed by atoms with E-state index in [0.29, 0.717) is 6.54 Å². The molecule has 0 aliphatic rings. The fraction of sp³-hybridized carbons (Fsp3) is 0.400. The van der Waals surface area contributed by atoms with Gasteiger partial charge in [-0.2, -0.15) is 5.10 Å². The highest BCUT2D eigenvalue weighted by Gasteiger charge is 2.13. The zero-order valence-electron chi connectivity index (χ0n) is 12.0. The summed E-state index contributed by atoms with van der Waals surface area (Å²) in [5, 5.41) is 7.61. The molecule has 5 heteroatoms. The van der Waals surface area contributed by atoms with Crippen LogP contribution in [0.5, 0.6) is 5.75 Å². The van der Waals surface area contributed by atoms with Gasteiger partial charge in [-0.05, 0) is 37.6 Å². The Hall–Kier alpha value is -1.88. The molecule has 1 aromatic carbocycles. The molecule has 0 aliphatic heterocycles. The Bertz CT molecular complexity index is 542. The number of hydrogen-bond donors (Lipinski definition) is 1. The van der Waals surface area contributed by atoms with E-state index in [2.05, 4.69) is 24.3 Å². The first-order chi connectivity index (χ1) is 9.61. The lowest BCUT2D eigenvalue weighted by atomic mass is 10.1. The second-order valence-electron chi connectivity index (χ2n) is 4.87. The van der Waals surface area contributed by atoms with Gasteiger partial charge in [0.15, 0.2) is 11.6 Å². The van der Waals surface area contributed by atoms with Gasteiger partial charge in [-0.25, -0.2) is 4.39 Å². The molecule has 2 rings (SSSR count). The van der Waals surface area contributed by atoms with Crippen molar-refractivity contribution in [2.24, 2.45) is 0 Å². The minimum atomic E-state index is -0.334. The van der Waals surface area contributed by atoms with Crippen molar-refractivity contribution < 1.29 is 9.13 Å². The van der Waals surface area contributed by atoms with E-state index >= 15 is 0 Å². The number of nitrogens with one attached hydrogen (secondary N) is 1. The zero-order chi connectivity index (χ0) is 14.5. The highest BCUT2D eigenvalue weighted by Crippen LogP contribution is 2.18. The van der Waals surface area contributed by atoms with Crippen LogP contribution in [0.1, 0.15) is 25.5 Å². The Kier molecular flexibility index (Phi) is 4.74. The molecule has 0 fully saturated rings. The highest BCUT2D eigenvalue weighted by molar-refractivity contribution is 5.29. The number of benzene rings is 1. The summed E-state index contributed by atoms with van der Waals surface area (Å²) in [5.74, 6) is -0.0636. The molecule has 0 radical (unpaired) electrons. The molecule has 2 aromatic rings. The number of rotatable bonds is 6. The van der Waals surface area contributed by atoms with Gasteiger partial charge in [0.05, 0.1) is 13.2 Å². The molecule has 20 heavy (non-hydrogen) atoms. The van der Waals surface area contributed by atoms with Gasteiger partial charge in [0.2, 0.25) is 0 Å². The van der Waals surface area contributed by atoms with Gasteiger partial charge in [0.1, 0.15) is 0 Å². The average Bonchev–Trinajstić information content (AvgIpc) is 2.98. The number of ether oxygens (including phenoxy) is 1. The van der Waals surface area contributed by atoms with Crippen molar-refractivity contribution in [3.05, 3.63) is 48.0 Å². The van der Waals surface area contributed by atoms with E-state index in [1.807, 2.05) is 23.0 Å². The van der Waals surface area contributed by atoms with Crippen molar-refractivity contribution in [3.63, 3.8) is 0 Å². The SMILES string of the molecule is COc1ccc(CN[C@H](C)[C@H](C)n2cccn2)cc1F. The van der Waals surface area contributed by atoms with Crippen LogP contribution in [0.15, 0.2) is 36.7 Å². The Labute approximate surface area is 118 Å². The van der Waals surface area contributed by atoms with Gasteiger partial charge in [-0.1, -0.05) is 6.07 Å². The number of aromatic nitrogens is 2. The van der Waals surface area contributed by atoms with Crippen molar-refractivity contribution in [1.82, 2.24) is 15.1 Å². The van der Waals surface area contributed by atoms with Gasteiger partial charge in [0.25, 0.3) is 0 Å². The normalized spacial score (nSPS) is 14.0. The van der Waals surface area contributed by atoms with Crippen LogP contribution in [0.25, 0.3) is 0 Å². The van der Waals surface area contributed by atoms with E-state index in [1.165, 1.54) is 13.2 Å². The highest BCUT2D eigenvalue weighted by atomic mass is 19.1. The standard InChI is InChI=1S/C15H20FN3O/c1-11(12(2)19-8-4-7-18-19)17-10-13-5-6-15(20-3)14(16)9-13/h4-9,11-12,17H,10H2,1-3H3/t11-,12+/m1/s1. The summed E-state index contributed by atoms with van der Waals surface area (Å²) in [6.07, 6.45) is 3.71. The van der Waals surface area contributed by atoms with Gasteiger partial charge in [0, 0.05) is 25.0 Å². The molecule has 0 unspecified atom stereocenters. The average molecular weight is 277 g/mol. The van der Waals surface area contributed by atoms with Crippen molar-refractivity contribution in [2.75, 3.05) is 7.11 Å². The second-order valence-corrected chi connectivity index (χ2v) is 4.87. The molecule has 1 heterocycles. The lowest BCUT2D eigenvalue weighted by molar-refractivity contribution is 0.364. The summed E-state index contributed by atoms with van der Waals surface area (Å²) in [7, 11) is 1.46. The molecule has 0 saturated carbocycles. The number of methoxy groups -OCH3 is 1. The first-order valence-electron chi connectivity index (χ1n) is 6.66. The van der Waals surface area contributed by atoms with Crippen molar-refractivity contribution >= 4 is 0 Å². The number of nitrogens with zero attached hydrogens (tertiary/aromatic N) is 2. The lowest BCUT2D eigenvalue weighted by Crippen LogP contribution is -2.33. The second kappa shape index (κ2) is 6.52. The topological polar surface area (TPSA) is 39.1 Å². The molecule has 0 saturated heterocycles. The third-order valence-corrected chi connectivity index (χ3v) is 3.51. The van der Waals surface area contributed by atoms with Gasteiger partial charge in [-0.3, -0.25) is 4.68 Å². The summed E-state index contributed by atoms with van der Waals surface area (Å²) < 4.78 is 20.4. The van der Waals surface area contributed by atoms with Crippen molar-refractivity contribution in [2.45, 2.75) is 32.5 Å². The molecule has 108 valence electrons. The molecule has 4 nitrogen and oxygen atoms in total. The molecule has 1 aromatic heterocycles.